The van der Waals surface area contributed by atoms with Gasteiger partial charge in [0.05, 0.1) is 11.5 Å². The molecule has 3 atom stereocenters. The lowest BCUT2D eigenvalue weighted by molar-refractivity contribution is -0.336. The van der Waals surface area contributed by atoms with Gasteiger partial charge in [0.2, 0.25) is 0 Å². The van der Waals surface area contributed by atoms with Crippen molar-refractivity contribution in [3.8, 4) is 0 Å². The number of aliphatic hydroxyl groups excluding tert-OH is 1. The Morgan fingerprint density at radius 1 is 1.13 bits per heavy atom. The predicted octanol–water partition coefficient (Wildman–Crippen LogP) is 2.74. The minimum absolute atomic E-state index is 0.0751. The molecule has 1 nitrogen and oxygen atoms in total. The first kappa shape index (κ1) is 11.1. The fourth-order valence-corrected chi connectivity index (χ4v) is 3.00. The lowest BCUT2D eigenvalue weighted by Gasteiger charge is -2.39. The Bertz CT molecular complexity index is 274. The molecule has 6 heteroatoms. The third-order valence-electron chi connectivity index (χ3n) is 3.83. The summed E-state index contributed by atoms with van der Waals surface area (Å²) in [6.07, 6.45) is -7.08. The summed E-state index contributed by atoms with van der Waals surface area (Å²) >= 11 is 0. The van der Waals surface area contributed by atoms with Crippen molar-refractivity contribution >= 4 is 0 Å². The average Bonchev–Trinajstić information content (AvgIpc) is 2.59. The zero-order valence-corrected chi connectivity index (χ0v) is 7.82. The number of halogens is 5. The smallest absolute Gasteiger partial charge is 0.392 e. The van der Waals surface area contributed by atoms with Gasteiger partial charge in [0.1, 0.15) is 0 Å². The van der Waals surface area contributed by atoms with Crippen LogP contribution in [-0.4, -0.2) is 23.3 Å². The maximum atomic E-state index is 13.3. The third kappa shape index (κ3) is 1.23. The van der Waals surface area contributed by atoms with Crippen molar-refractivity contribution in [1.82, 2.24) is 0 Å². The van der Waals surface area contributed by atoms with Gasteiger partial charge in [-0.25, -0.2) is 0 Å². The number of alkyl halides is 5. The molecule has 0 aromatic heterocycles. The van der Waals surface area contributed by atoms with E-state index in [0.29, 0.717) is 6.42 Å². The average molecular weight is 230 g/mol. The standard InChI is InChI=1S/C9H11F5O/c10-8(11,9(12,13)14)7-2-1-5(4-7)3-6(7)15/h5-6,15H,1-4H2. The topological polar surface area (TPSA) is 20.2 Å². The quantitative estimate of drug-likeness (QED) is 0.687. The van der Waals surface area contributed by atoms with Crippen molar-refractivity contribution in [2.24, 2.45) is 11.3 Å². The second-order valence-corrected chi connectivity index (χ2v) is 4.59. The van der Waals surface area contributed by atoms with Crippen molar-refractivity contribution in [2.75, 3.05) is 0 Å². The Hall–Kier alpha value is -0.390. The van der Waals surface area contributed by atoms with Gasteiger partial charge in [-0.3, -0.25) is 0 Å². The van der Waals surface area contributed by atoms with Gasteiger partial charge in [-0.1, -0.05) is 0 Å². The van der Waals surface area contributed by atoms with E-state index in [1.54, 1.807) is 0 Å². The number of fused-ring (bicyclic) bond motifs is 2. The van der Waals surface area contributed by atoms with Crippen LogP contribution in [0.4, 0.5) is 22.0 Å². The van der Waals surface area contributed by atoms with Crippen molar-refractivity contribution in [2.45, 2.75) is 43.9 Å². The van der Waals surface area contributed by atoms with E-state index in [-0.39, 0.29) is 25.2 Å². The van der Waals surface area contributed by atoms with Crippen molar-refractivity contribution in [1.29, 1.82) is 0 Å². The van der Waals surface area contributed by atoms with Crippen LogP contribution in [0.25, 0.3) is 0 Å². The Morgan fingerprint density at radius 2 is 1.73 bits per heavy atom. The monoisotopic (exact) mass is 230 g/mol. The summed E-state index contributed by atoms with van der Waals surface area (Å²) in [6.45, 7) is 0. The van der Waals surface area contributed by atoms with Crippen LogP contribution in [0.2, 0.25) is 0 Å². The van der Waals surface area contributed by atoms with E-state index in [1.807, 2.05) is 0 Å². The zero-order chi connectivity index (χ0) is 11.5. The highest BCUT2D eigenvalue weighted by Crippen LogP contribution is 2.64. The second-order valence-electron chi connectivity index (χ2n) is 4.59. The number of hydrogen-bond acceptors (Lipinski definition) is 1. The van der Waals surface area contributed by atoms with Crippen molar-refractivity contribution in [3.05, 3.63) is 0 Å². The van der Waals surface area contributed by atoms with Crippen LogP contribution in [0, 0.1) is 11.3 Å². The van der Waals surface area contributed by atoms with E-state index in [1.165, 1.54) is 0 Å². The van der Waals surface area contributed by atoms with Gasteiger partial charge >= 0.3 is 12.1 Å². The summed E-state index contributed by atoms with van der Waals surface area (Å²) in [5, 5.41) is 9.39. The maximum Gasteiger partial charge on any atom is 0.453 e. The minimum Gasteiger partial charge on any atom is -0.392 e. The number of hydrogen-bond donors (Lipinski definition) is 1. The van der Waals surface area contributed by atoms with Crippen LogP contribution in [0.5, 0.6) is 0 Å². The molecule has 15 heavy (non-hydrogen) atoms. The molecule has 2 bridgehead atoms. The fraction of sp³-hybridized carbons (Fsp3) is 1.00. The SMILES string of the molecule is OC1CC2CCC1(C(F)(F)C(F)(F)F)C2. The molecule has 0 aromatic carbocycles. The molecule has 0 amide bonds. The largest absolute Gasteiger partial charge is 0.453 e. The Morgan fingerprint density at radius 3 is 2.07 bits per heavy atom. The van der Waals surface area contributed by atoms with Crippen LogP contribution in [0.15, 0.2) is 0 Å². The molecule has 0 aliphatic heterocycles. The Kier molecular flexibility index (Phi) is 2.10. The van der Waals surface area contributed by atoms with E-state index in [4.69, 9.17) is 0 Å². The molecule has 0 aromatic rings. The molecule has 2 aliphatic rings. The molecular weight excluding hydrogens is 219 g/mol. The lowest BCUT2D eigenvalue weighted by Crippen LogP contribution is -2.55. The molecule has 3 unspecified atom stereocenters. The molecule has 2 aliphatic carbocycles. The molecular formula is C9H11F5O. The number of rotatable bonds is 1. The minimum atomic E-state index is -5.56. The van der Waals surface area contributed by atoms with Gasteiger partial charge in [-0.2, -0.15) is 22.0 Å². The van der Waals surface area contributed by atoms with Crippen LogP contribution in [-0.2, 0) is 0 Å². The van der Waals surface area contributed by atoms with Gasteiger partial charge < -0.3 is 5.11 Å². The molecule has 88 valence electrons. The molecule has 2 saturated carbocycles. The first-order chi connectivity index (χ1) is 6.71. The second kappa shape index (κ2) is 2.84. The zero-order valence-electron chi connectivity index (χ0n) is 7.82. The Labute approximate surface area is 83.3 Å². The van der Waals surface area contributed by atoms with Crippen LogP contribution >= 0.6 is 0 Å². The van der Waals surface area contributed by atoms with E-state index in [9.17, 15) is 27.1 Å². The van der Waals surface area contributed by atoms with Crippen molar-refractivity contribution < 1.29 is 27.1 Å². The maximum absolute atomic E-state index is 13.3. The van der Waals surface area contributed by atoms with E-state index in [0.717, 1.165) is 0 Å². The normalized spacial score (nSPS) is 41.2. The van der Waals surface area contributed by atoms with Gasteiger partial charge in [-0.05, 0) is 31.6 Å². The van der Waals surface area contributed by atoms with Crippen molar-refractivity contribution in [3.63, 3.8) is 0 Å². The summed E-state index contributed by atoms with van der Waals surface area (Å²) in [6, 6.07) is 0. The van der Waals surface area contributed by atoms with Crippen LogP contribution in [0.1, 0.15) is 25.7 Å². The summed E-state index contributed by atoms with van der Waals surface area (Å²) in [4.78, 5) is 0. The first-order valence-corrected chi connectivity index (χ1v) is 4.83. The number of aliphatic hydroxyl groups is 1. The van der Waals surface area contributed by atoms with Crippen LogP contribution in [0.3, 0.4) is 0 Å². The molecule has 0 radical (unpaired) electrons. The molecule has 2 rings (SSSR count). The molecule has 1 N–H and O–H groups in total. The fourth-order valence-electron chi connectivity index (χ4n) is 3.00. The van der Waals surface area contributed by atoms with Crippen LogP contribution < -0.4 is 0 Å². The summed E-state index contributed by atoms with van der Waals surface area (Å²) in [5.74, 6) is -4.95. The molecule has 0 heterocycles. The lowest BCUT2D eigenvalue weighted by atomic mass is 9.75. The van der Waals surface area contributed by atoms with E-state index in [2.05, 4.69) is 0 Å². The van der Waals surface area contributed by atoms with Gasteiger partial charge in [-0.15, -0.1) is 0 Å². The predicted molar refractivity (Wildman–Crippen MR) is 41.4 cm³/mol. The third-order valence-corrected chi connectivity index (χ3v) is 3.83. The molecule has 0 saturated heterocycles. The Balaban J connectivity index is 2.37. The summed E-state index contributed by atoms with van der Waals surface area (Å²) in [7, 11) is 0. The molecule has 0 spiro atoms. The highest BCUT2D eigenvalue weighted by atomic mass is 19.4. The summed E-state index contributed by atoms with van der Waals surface area (Å²) < 4.78 is 63.3. The summed E-state index contributed by atoms with van der Waals surface area (Å²) in [5.41, 5.74) is -2.25. The van der Waals surface area contributed by atoms with Gasteiger partial charge in [0.25, 0.3) is 0 Å². The highest BCUT2D eigenvalue weighted by molar-refractivity contribution is 5.10. The van der Waals surface area contributed by atoms with Gasteiger partial charge in [0, 0.05) is 0 Å². The molecule has 2 fully saturated rings. The highest BCUT2D eigenvalue weighted by Gasteiger charge is 2.75. The van der Waals surface area contributed by atoms with Gasteiger partial charge in [0.15, 0.2) is 0 Å². The van der Waals surface area contributed by atoms with E-state index >= 15 is 0 Å². The van der Waals surface area contributed by atoms with E-state index < -0.39 is 23.6 Å². The first-order valence-electron chi connectivity index (χ1n) is 4.83.